The molecule has 0 spiro atoms. The average Bonchev–Trinajstić information content (AvgIpc) is 3.10. The topological polar surface area (TPSA) is 33.1 Å². The van der Waals surface area contributed by atoms with E-state index in [0.29, 0.717) is 6.04 Å². The molecule has 4 heteroatoms. The molecule has 4 nitrogen and oxygen atoms in total. The third-order valence-electron chi connectivity index (χ3n) is 4.99. The molecular weight excluding hydrogens is 260 g/mol. The zero-order chi connectivity index (χ0) is 15.3. The van der Waals surface area contributed by atoms with E-state index in [4.69, 9.17) is 0 Å². The molecule has 0 aromatic carbocycles. The summed E-state index contributed by atoms with van der Waals surface area (Å²) in [4.78, 5) is 7.13. The van der Waals surface area contributed by atoms with Crippen LogP contribution in [-0.2, 0) is 13.5 Å². The van der Waals surface area contributed by atoms with Crippen molar-refractivity contribution in [3.05, 3.63) is 18.2 Å². The highest BCUT2D eigenvalue weighted by Crippen LogP contribution is 2.26. The minimum atomic E-state index is 0.219. The van der Waals surface area contributed by atoms with Gasteiger partial charge in [-0.15, -0.1) is 0 Å². The third kappa shape index (κ3) is 4.07. The smallest absolute Gasteiger partial charge is 0.108 e. The Hall–Kier alpha value is -0.870. The molecule has 0 amide bonds. The molecule has 0 bridgehead atoms. The summed E-state index contributed by atoms with van der Waals surface area (Å²) >= 11 is 0. The van der Waals surface area contributed by atoms with E-state index in [0.717, 1.165) is 19.4 Å². The zero-order valence-electron chi connectivity index (χ0n) is 14.2. The maximum Gasteiger partial charge on any atom is 0.108 e. The van der Waals surface area contributed by atoms with Crippen LogP contribution in [0.1, 0.15) is 52.3 Å². The molecule has 120 valence electrons. The van der Waals surface area contributed by atoms with E-state index in [-0.39, 0.29) is 5.54 Å². The second-order valence-corrected chi connectivity index (χ2v) is 6.85. The van der Waals surface area contributed by atoms with Crippen molar-refractivity contribution in [2.24, 2.45) is 7.05 Å². The fourth-order valence-corrected chi connectivity index (χ4v) is 3.45. The predicted molar refractivity (Wildman–Crippen MR) is 88.5 cm³/mol. The molecular formula is C17H32N4. The lowest BCUT2D eigenvalue weighted by atomic mass is 9.88. The quantitative estimate of drug-likeness (QED) is 0.799. The van der Waals surface area contributed by atoms with Gasteiger partial charge in [-0.1, -0.05) is 6.92 Å². The van der Waals surface area contributed by atoms with Gasteiger partial charge in [-0.3, -0.25) is 4.90 Å². The molecule has 21 heavy (non-hydrogen) atoms. The minimum absolute atomic E-state index is 0.219. The second kappa shape index (κ2) is 7.41. The molecule has 0 saturated carbocycles. The maximum absolute atomic E-state index is 4.47. The van der Waals surface area contributed by atoms with Crippen LogP contribution in [0.3, 0.4) is 0 Å². The van der Waals surface area contributed by atoms with Crippen LogP contribution in [0.15, 0.2) is 12.4 Å². The van der Waals surface area contributed by atoms with Gasteiger partial charge in [0.25, 0.3) is 0 Å². The van der Waals surface area contributed by atoms with Crippen LogP contribution in [0, 0.1) is 0 Å². The predicted octanol–water partition coefficient (Wildman–Crippen LogP) is 2.60. The van der Waals surface area contributed by atoms with Gasteiger partial charge in [-0.2, -0.15) is 0 Å². The van der Waals surface area contributed by atoms with Crippen LogP contribution in [0.2, 0.25) is 0 Å². The maximum atomic E-state index is 4.47. The van der Waals surface area contributed by atoms with Crippen molar-refractivity contribution in [1.82, 2.24) is 19.8 Å². The van der Waals surface area contributed by atoms with Gasteiger partial charge in [0, 0.05) is 37.4 Å². The monoisotopic (exact) mass is 292 g/mol. The van der Waals surface area contributed by atoms with Crippen molar-refractivity contribution in [2.45, 2.75) is 64.5 Å². The Bertz CT molecular complexity index is 418. The molecule has 1 atom stereocenters. The summed E-state index contributed by atoms with van der Waals surface area (Å²) in [5.74, 6) is 1.19. The number of nitrogens with zero attached hydrogens (tertiary/aromatic N) is 3. The Labute approximate surface area is 129 Å². The minimum Gasteiger partial charge on any atom is -0.338 e. The first-order valence-corrected chi connectivity index (χ1v) is 8.50. The highest BCUT2D eigenvalue weighted by Gasteiger charge is 2.36. The van der Waals surface area contributed by atoms with E-state index >= 15 is 0 Å². The van der Waals surface area contributed by atoms with Crippen LogP contribution in [0.4, 0.5) is 0 Å². The van der Waals surface area contributed by atoms with Crippen LogP contribution in [-0.4, -0.2) is 45.7 Å². The zero-order valence-corrected chi connectivity index (χ0v) is 14.2. The molecule has 0 aliphatic carbocycles. The van der Waals surface area contributed by atoms with Crippen molar-refractivity contribution in [1.29, 1.82) is 0 Å². The van der Waals surface area contributed by atoms with Gasteiger partial charge in [0.2, 0.25) is 0 Å². The standard InChI is InChI=1S/C17H32N4/c1-5-10-18-15(8-9-16-19-11-14-20(16)4)17(2,3)21-12-6-7-13-21/h11,14-15,18H,5-10,12-13H2,1-4H3. The van der Waals surface area contributed by atoms with E-state index in [9.17, 15) is 0 Å². The molecule has 1 aliphatic rings. The van der Waals surface area contributed by atoms with Crippen LogP contribution < -0.4 is 5.32 Å². The van der Waals surface area contributed by atoms with Crippen molar-refractivity contribution in [2.75, 3.05) is 19.6 Å². The summed E-state index contributed by atoms with van der Waals surface area (Å²) in [6, 6.07) is 0.521. The van der Waals surface area contributed by atoms with Gasteiger partial charge in [0.05, 0.1) is 0 Å². The van der Waals surface area contributed by atoms with E-state index in [1.165, 1.54) is 38.2 Å². The van der Waals surface area contributed by atoms with E-state index in [1.54, 1.807) is 0 Å². The van der Waals surface area contributed by atoms with Gasteiger partial charge in [-0.25, -0.2) is 4.98 Å². The SMILES string of the molecule is CCCNC(CCc1nccn1C)C(C)(C)N1CCCC1. The van der Waals surface area contributed by atoms with Gasteiger partial charge >= 0.3 is 0 Å². The Kier molecular flexibility index (Phi) is 5.82. The van der Waals surface area contributed by atoms with Crippen molar-refractivity contribution in [3.8, 4) is 0 Å². The molecule has 1 fully saturated rings. The molecule has 0 radical (unpaired) electrons. The van der Waals surface area contributed by atoms with E-state index in [2.05, 4.69) is 47.6 Å². The molecule has 1 aromatic heterocycles. The fraction of sp³-hybridized carbons (Fsp3) is 0.824. The van der Waals surface area contributed by atoms with Gasteiger partial charge in [0.1, 0.15) is 5.82 Å². The van der Waals surface area contributed by atoms with Crippen molar-refractivity contribution in [3.63, 3.8) is 0 Å². The number of likely N-dealkylation sites (tertiary alicyclic amines) is 1. The lowest BCUT2D eigenvalue weighted by Gasteiger charge is -2.43. The summed E-state index contributed by atoms with van der Waals surface area (Å²) in [7, 11) is 2.09. The second-order valence-electron chi connectivity index (χ2n) is 6.85. The summed E-state index contributed by atoms with van der Waals surface area (Å²) in [5.41, 5.74) is 0.219. The lowest BCUT2D eigenvalue weighted by molar-refractivity contribution is 0.102. The number of hydrogen-bond donors (Lipinski definition) is 1. The largest absolute Gasteiger partial charge is 0.338 e. The molecule has 1 aromatic rings. The lowest BCUT2D eigenvalue weighted by Crippen LogP contribution is -2.57. The molecule has 1 unspecified atom stereocenters. The van der Waals surface area contributed by atoms with Gasteiger partial charge in [0.15, 0.2) is 0 Å². The van der Waals surface area contributed by atoms with E-state index in [1.807, 2.05) is 12.4 Å². The first-order valence-electron chi connectivity index (χ1n) is 8.50. The van der Waals surface area contributed by atoms with Gasteiger partial charge < -0.3 is 9.88 Å². The summed E-state index contributed by atoms with van der Waals surface area (Å²) in [6.45, 7) is 10.7. The Morgan fingerprint density at radius 1 is 1.33 bits per heavy atom. The van der Waals surface area contributed by atoms with Crippen LogP contribution >= 0.6 is 0 Å². The Morgan fingerprint density at radius 2 is 2.05 bits per heavy atom. The number of nitrogens with one attached hydrogen (secondary N) is 1. The first kappa shape index (κ1) is 16.5. The Balaban J connectivity index is 2.00. The molecule has 1 saturated heterocycles. The average molecular weight is 292 g/mol. The Morgan fingerprint density at radius 3 is 2.62 bits per heavy atom. The van der Waals surface area contributed by atoms with E-state index < -0.39 is 0 Å². The molecule has 1 N–H and O–H groups in total. The normalized spacial score (nSPS) is 18.3. The fourth-order valence-electron chi connectivity index (χ4n) is 3.45. The number of rotatable bonds is 8. The summed E-state index contributed by atoms with van der Waals surface area (Å²) < 4.78 is 2.14. The van der Waals surface area contributed by atoms with Crippen LogP contribution in [0.25, 0.3) is 0 Å². The van der Waals surface area contributed by atoms with Crippen molar-refractivity contribution < 1.29 is 0 Å². The molecule has 1 aliphatic heterocycles. The molecule has 2 rings (SSSR count). The van der Waals surface area contributed by atoms with Crippen LogP contribution in [0.5, 0.6) is 0 Å². The number of hydrogen-bond acceptors (Lipinski definition) is 3. The third-order valence-corrected chi connectivity index (χ3v) is 4.99. The first-order chi connectivity index (χ1) is 10.1. The van der Waals surface area contributed by atoms with Crippen molar-refractivity contribution >= 4 is 0 Å². The summed E-state index contributed by atoms with van der Waals surface area (Å²) in [5, 5.41) is 3.79. The number of aryl methyl sites for hydroxylation is 2. The summed E-state index contributed by atoms with van der Waals surface area (Å²) in [6.07, 6.45) is 10.0. The van der Waals surface area contributed by atoms with Gasteiger partial charge in [-0.05, 0) is 59.2 Å². The highest BCUT2D eigenvalue weighted by molar-refractivity contribution is 4.98. The number of imidazole rings is 1. The molecule has 2 heterocycles. The number of aromatic nitrogens is 2. The highest BCUT2D eigenvalue weighted by atomic mass is 15.2.